The third-order valence-electron chi connectivity index (χ3n) is 2.32. The molecular weight excluding hydrogens is 273 g/mol. The average molecular weight is 282 g/mol. The highest BCUT2D eigenvalue weighted by molar-refractivity contribution is 5.91. The van der Waals surface area contributed by atoms with E-state index in [1.54, 1.807) is 12.1 Å². The van der Waals surface area contributed by atoms with E-state index < -0.39 is 17.6 Å². The second-order valence-electron chi connectivity index (χ2n) is 3.77. The zero-order valence-electron chi connectivity index (χ0n) is 10.0. The van der Waals surface area contributed by atoms with Crippen molar-refractivity contribution in [1.29, 1.82) is 0 Å². The molecule has 0 aliphatic rings. The Balaban J connectivity index is 2.03. The minimum atomic E-state index is -4.47. The molecule has 2 aromatic rings. The van der Waals surface area contributed by atoms with Gasteiger partial charge in [-0.15, -0.1) is 0 Å². The summed E-state index contributed by atoms with van der Waals surface area (Å²) in [6, 6.07) is 8.87. The molecule has 0 aliphatic carbocycles. The van der Waals surface area contributed by atoms with Gasteiger partial charge >= 0.3 is 12.1 Å². The maximum absolute atomic E-state index is 12.5. The van der Waals surface area contributed by atoms with E-state index >= 15 is 0 Å². The van der Waals surface area contributed by atoms with Gasteiger partial charge in [-0.3, -0.25) is 9.78 Å². The lowest BCUT2D eigenvalue weighted by atomic mass is 10.2. The first-order valence-electron chi connectivity index (χ1n) is 5.52. The molecule has 0 fully saturated rings. The van der Waals surface area contributed by atoms with Gasteiger partial charge in [-0.25, -0.2) is 0 Å². The van der Waals surface area contributed by atoms with E-state index in [1.807, 2.05) is 5.48 Å². The quantitative estimate of drug-likeness (QED) is 0.881. The molecule has 0 aliphatic heterocycles. The monoisotopic (exact) mass is 282 g/mol. The molecule has 0 atom stereocenters. The van der Waals surface area contributed by atoms with Crippen LogP contribution in [-0.2, 0) is 6.18 Å². The van der Waals surface area contributed by atoms with Gasteiger partial charge in [0, 0.05) is 6.20 Å². The summed E-state index contributed by atoms with van der Waals surface area (Å²) >= 11 is 0. The molecule has 2 rings (SSSR count). The molecule has 1 heterocycles. The van der Waals surface area contributed by atoms with Crippen LogP contribution in [0.3, 0.4) is 0 Å². The number of alkyl halides is 3. The Morgan fingerprint density at radius 3 is 2.60 bits per heavy atom. The minimum absolute atomic E-state index is 0.0967. The Morgan fingerprint density at radius 1 is 1.15 bits per heavy atom. The second kappa shape index (κ2) is 5.60. The van der Waals surface area contributed by atoms with Crippen molar-refractivity contribution in [2.75, 3.05) is 0 Å². The normalized spacial score (nSPS) is 10.9. The Morgan fingerprint density at radius 2 is 1.95 bits per heavy atom. The number of hydrogen-bond donors (Lipinski definition) is 1. The topological polar surface area (TPSA) is 51.2 Å². The van der Waals surface area contributed by atoms with E-state index in [4.69, 9.17) is 4.84 Å². The van der Waals surface area contributed by atoms with E-state index in [2.05, 4.69) is 4.98 Å². The number of amides is 1. The Hall–Kier alpha value is -2.57. The van der Waals surface area contributed by atoms with Crippen LogP contribution >= 0.6 is 0 Å². The van der Waals surface area contributed by atoms with Gasteiger partial charge in [0.25, 0.3) is 0 Å². The highest BCUT2D eigenvalue weighted by atomic mass is 19.4. The van der Waals surface area contributed by atoms with Gasteiger partial charge in [0.15, 0.2) is 5.75 Å². The van der Waals surface area contributed by atoms with Gasteiger partial charge in [0.1, 0.15) is 5.69 Å². The fraction of sp³-hybridized carbons (Fsp3) is 0.0769. The van der Waals surface area contributed by atoms with Crippen molar-refractivity contribution in [3.05, 3.63) is 59.9 Å². The van der Waals surface area contributed by atoms with Gasteiger partial charge in [0.2, 0.25) is 0 Å². The third kappa shape index (κ3) is 3.47. The number of halogens is 3. The first kappa shape index (κ1) is 13.9. The molecule has 0 radical (unpaired) electrons. The molecule has 0 saturated heterocycles. The Labute approximate surface area is 112 Å². The van der Waals surface area contributed by atoms with Crippen LogP contribution in [0.5, 0.6) is 5.75 Å². The predicted molar refractivity (Wildman–Crippen MR) is 63.8 cm³/mol. The summed E-state index contributed by atoms with van der Waals surface area (Å²) < 4.78 is 37.4. The van der Waals surface area contributed by atoms with E-state index in [1.165, 1.54) is 24.4 Å². The zero-order chi connectivity index (χ0) is 14.6. The molecule has 1 amide bonds. The Bertz CT molecular complexity index is 600. The molecule has 1 aromatic heterocycles. The molecule has 0 saturated carbocycles. The van der Waals surface area contributed by atoms with Crippen molar-refractivity contribution in [3.8, 4) is 5.75 Å². The van der Waals surface area contributed by atoms with Gasteiger partial charge < -0.3 is 4.84 Å². The van der Waals surface area contributed by atoms with Crippen LogP contribution in [0.1, 0.15) is 16.1 Å². The summed E-state index contributed by atoms with van der Waals surface area (Å²) in [5.74, 6) is -0.771. The molecule has 20 heavy (non-hydrogen) atoms. The van der Waals surface area contributed by atoms with E-state index in [0.717, 1.165) is 12.1 Å². The van der Waals surface area contributed by atoms with Crippen molar-refractivity contribution in [1.82, 2.24) is 10.5 Å². The third-order valence-corrected chi connectivity index (χ3v) is 2.32. The molecular formula is C13H9F3N2O2. The van der Waals surface area contributed by atoms with Crippen LogP contribution in [0.4, 0.5) is 13.2 Å². The SMILES string of the molecule is O=C(NOc1cccc(C(F)(F)F)c1)c1ccccn1. The first-order chi connectivity index (χ1) is 9.47. The summed E-state index contributed by atoms with van der Waals surface area (Å²) in [6.07, 6.45) is -3.05. The molecule has 0 bridgehead atoms. The summed E-state index contributed by atoms with van der Waals surface area (Å²) in [6.45, 7) is 0. The maximum Gasteiger partial charge on any atom is 0.416 e. The van der Waals surface area contributed by atoms with E-state index in [0.29, 0.717) is 0 Å². The van der Waals surface area contributed by atoms with Crippen LogP contribution in [0, 0.1) is 0 Å². The number of hydrogen-bond acceptors (Lipinski definition) is 3. The highest BCUT2D eigenvalue weighted by Crippen LogP contribution is 2.31. The molecule has 0 unspecified atom stereocenters. The van der Waals surface area contributed by atoms with Crippen LogP contribution in [-0.4, -0.2) is 10.9 Å². The van der Waals surface area contributed by atoms with Crippen molar-refractivity contribution in [2.45, 2.75) is 6.18 Å². The number of rotatable bonds is 3. The summed E-state index contributed by atoms with van der Waals surface area (Å²) in [4.78, 5) is 20.2. The van der Waals surface area contributed by atoms with E-state index in [9.17, 15) is 18.0 Å². The van der Waals surface area contributed by atoms with Gasteiger partial charge in [-0.2, -0.15) is 18.7 Å². The van der Waals surface area contributed by atoms with Crippen LogP contribution in [0.25, 0.3) is 0 Å². The van der Waals surface area contributed by atoms with Crippen molar-refractivity contribution in [2.24, 2.45) is 0 Å². The number of aromatic nitrogens is 1. The number of nitrogens with zero attached hydrogens (tertiary/aromatic N) is 1. The van der Waals surface area contributed by atoms with Crippen molar-refractivity contribution >= 4 is 5.91 Å². The second-order valence-corrected chi connectivity index (χ2v) is 3.77. The molecule has 7 heteroatoms. The van der Waals surface area contributed by atoms with Gasteiger partial charge in [-0.1, -0.05) is 12.1 Å². The number of benzene rings is 1. The summed E-state index contributed by atoms with van der Waals surface area (Å²) in [5.41, 5.74) is 1.26. The zero-order valence-corrected chi connectivity index (χ0v) is 10.0. The molecule has 4 nitrogen and oxygen atoms in total. The number of hydroxylamine groups is 1. The number of pyridine rings is 1. The number of carbonyl (C=O) groups is 1. The van der Waals surface area contributed by atoms with Gasteiger partial charge in [-0.05, 0) is 30.3 Å². The lowest BCUT2D eigenvalue weighted by molar-refractivity contribution is -0.137. The van der Waals surface area contributed by atoms with Crippen LogP contribution in [0.2, 0.25) is 0 Å². The molecule has 1 N–H and O–H groups in total. The molecule has 1 aromatic carbocycles. The smallest absolute Gasteiger partial charge is 0.379 e. The fourth-order valence-corrected chi connectivity index (χ4v) is 1.39. The van der Waals surface area contributed by atoms with Crippen molar-refractivity contribution < 1.29 is 22.8 Å². The van der Waals surface area contributed by atoms with Crippen LogP contribution in [0.15, 0.2) is 48.7 Å². The van der Waals surface area contributed by atoms with Crippen molar-refractivity contribution in [3.63, 3.8) is 0 Å². The maximum atomic E-state index is 12.5. The lowest BCUT2D eigenvalue weighted by Gasteiger charge is -2.10. The summed E-state index contributed by atoms with van der Waals surface area (Å²) in [7, 11) is 0. The van der Waals surface area contributed by atoms with E-state index in [-0.39, 0.29) is 11.4 Å². The standard InChI is InChI=1S/C13H9F3N2O2/c14-13(15,16)9-4-3-5-10(8-9)20-18-12(19)11-6-1-2-7-17-11/h1-8H,(H,18,19). The lowest BCUT2D eigenvalue weighted by Crippen LogP contribution is -2.27. The molecule has 0 spiro atoms. The van der Waals surface area contributed by atoms with Crippen LogP contribution < -0.4 is 10.3 Å². The van der Waals surface area contributed by atoms with Gasteiger partial charge in [0.05, 0.1) is 5.56 Å². The minimum Gasteiger partial charge on any atom is -0.379 e. The fourth-order valence-electron chi connectivity index (χ4n) is 1.39. The Kier molecular flexibility index (Phi) is 3.88. The number of carbonyl (C=O) groups excluding carboxylic acids is 1. The first-order valence-corrected chi connectivity index (χ1v) is 5.52. The highest BCUT2D eigenvalue weighted by Gasteiger charge is 2.30. The number of nitrogens with one attached hydrogen (secondary N) is 1. The average Bonchev–Trinajstić information content (AvgIpc) is 2.45. The largest absolute Gasteiger partial charge is 0.416 e. The molecule has 104 valence electrons. The summed E-state index contributed by atoms with van der Waals surface area (Å²) in [5, 5.41) is 0. The predicted octanol–water partition coefficient (Wildman–Crippen LogP) is 2.82.